The number of thiophene rings is 1. The number of hydrogen-bond acceptors (Lipinski definition) is 8. The van der Waals surface area contributed by atoms with Crippen LogP contribution in [0.3, 0.4) is 0 Å². The minimum absolute atomic E-state index is 0.339. The van der Waals surface area contributed by atoms with Gasteiger partial charge in [0.1, 0.15) is 16.5 Å². The SMILES string of the molecule is Cc1sc2nc(CN3CCOCC3)nc(NC[C@@H](Cc3cnn(C)c3)C(N)=O)c2c1C. The largest absolute Gasteiger partial charge is 0.379 e. The number of carbonyl (C=O) groups excluding carboxylic acids is 1. The Morgan fingerprint density at radius 2 is 2.10 bits per heavy atom. The molecule has 3 N–H and O–H groups in total. The number of aromatic nitrogens is 4. The fraction of sp³-hybridized carbons (Fsp3) is 0.524. The lowest BCUT2D eigenvalue weighted by molar-refractivity contribution is -0.121. The molecule has 10 heteroatoms. The molecular weight excluding hydrogens is 414 g/mol. The van der Waals surface area contributed by atoms with Gasteiger partial charge in [0.25, 0.3) is 0 Å². The van der Waals surface area contributed by atoms with Gasteiger partial charge in [-0.2, -0.15) is 5.10 Å². The molecule has 31 heavy (non-hydrogen) atoms. The third kappa shape index (κ3) is 5.03. The first-order valence-electron chi connectivity index (χ1n) is 10.5. The van der Waals surface area contributed by atoms with Gasteiger partial charge in [-0.1, -0.05) is 0 Å². The van der Waals surface area contributed by atoms with Crippen LogP contribution in [0.1, 0.15) is 21.8 Å². The summed E-state index contributed by atoms with van der Waals surface area (Å²) >= 11 is 1.68. The van der Waals surface area contributed by atoms with Crippen LogP contribution < -0.4 is 11.1 Å². The molecule has 0 saturated carbocycles. The highest BCUT2D eigenvalue weighted by molar-refractivity contribution is 7.18. The van der Waals surface area contributed by atoms with Crippen LogP contribution in [0.2, 0.25) is 0 Å². The third-order valence-electron chi connectivity index (χ3n) is 5.70. The van der Waals surface area contributed by atoms with E-state index in [0.29, 0.717) is 19.5 Å². The van der Waals surface area contributed by atoms with Crippen LogP contribution in [0.25, 0.3) is 10.2 Å². The second-order valence-electron chi connectivity index (χ2n) is 8.05. The summed E-state index contributed by atoms with van der Waals surface area (Å²) in [7, 11) is 1.86. The number of nitrogens with zero attached hydrogens (tertiary/aromatic N) is 5. The highest BCUT2D eigenvalue weighted by atomic mass is 32.1. The van der Waals surface area contributed by atoms with Gasteiger partial charge in [0.15, 0.2) is 0 Å². The molecule has 0 bridgehead atoms. The van der Waals surface area contributed by atoms with E-state index in [1.54, 1.807) is 22.2 Å². The molecule has 0 unspecified atom stereocenters. The molecule has 1 aliphatic heterocycles. The number of anilines is 1. The molecule has 1 fully saturated rings. The summed E-state index contributed by atoms with van der Waals surface area (Å²) in [5.41, 5.74) is 7.85. The number of aryl methyl sites for hydroxylation is 3. The number of rotatable bonds is 8. The predicted octanol–water partition coefficient (Wildman–Crippen LogP) is 1.63. The average Bonchev–Trinajstić information content (AvgIpc) is 3.27. The molecule has 3 aromatic rings. The molecule has 9 nitrogen and oxygen atoms in total. The zero-order valence-electron chi connectivity index (χ0n) is 18.2. The standard InChI is InChI=1S/C21H29N7O2S/c1-13-14(2)31-21-18(13)20(25-17(26-21)12-28-4-6-30-7-5-28)23-10-16(19(22)29)8-15-9-24-27(3)11-15/h9,11,16H,4-8,10,12H2,1-3H3,(H2,22,29)(H,23,25,26)/t16-/m1/s1. The zero-order chi connectivity index (χ0) is 22.0. The van der Waals surface area contributed by atoms with Crippen LogP contribution in [0, 0.1) is 19.8 Å². The van der Waals surface area contributed by atoms with E-state index >= 15 is 0 Å². The molecule has 0 aliphatic carbocycles. The highest BCUT2D eigenvalue weighted by Gasteiger charge is 2.21. The number of nitrogens with one attached hydrogen (secondary N) is 1. The minimum Gasteiger partial charge on any atom is -0.379 e. The molecule has 1 saturated heterocycles. The third-order valence-corrected chi connectivity index (χ3v) is 6.80. The van der Waals surface area contributed by atoms with E-state index in [4.69, 9.17) is 20.4 Å². The number of ether oxygens (including phenoxy) is 1. The monoisotopic (exact) mass is 443 g/mol. The zero-order valence-corrected chi connectivity index (χ0v) is 19.0. The van der Waals surface area contributed by atoms with E-state index < -0.39 is 0 Å². The number of carbonyl (C=O) groups is 1. The Balaban J connectivity index is 1.57. The van der Waals surface area contributed by atoms with Crippen LogP contribution in [0.15, 0.2) is 12.4 Å². The Labute approximate surface area is 185 Å². The van der Waals surface area contributed by atoms with Crippen LogP contribution in [-0.2, 0) is 29.5 Å². The second-order valence-corrected chi connectivity index (χ2v) is 9.25. The molecule has 1 atom stereocenters. The molecule has 1 aliphatic rings. The lowest BCUT2D eigenvalue weighted by atomic mass is 10.0. The molecule has 0 aromatic carbocycles. The lowest BCUT2D eigenvalue weighted by Gasteiger charge is -2.26. The van der Waals surface area contributed by atoms with Gasteiger partial charge in [0.2, 0.25) is 5.91 Å². The Morgan fingerprint density at radius 3 is 2.77 bits per heavy atom. The maximum atomic E-state index is 12.1. The van der Waals surface area contributed by atoms with E-state index in [9.17, 15) is 4.79 Å². The van der Waals surface area contributed by atoms with Gasteiger partial charge >= 0.3 is 0 Å². The highest BCUT2D eigenvalue weighted by Crippen LogP contribution is 2.33. The molecule has 4 heterocycles. The Kier molecular flexibility index (Phi) is 6.49. The van der Waals surface area contributed by atoms with Gasteiger partial charge in [-0.3, -0.25) is 14.4 Å². The second kappa shape index (κ2) is 9.29. The molecule has 1 amide bonds. The topological polar surface area (TPSA) is 111 Å². The van der Waals surface area contributed by atoms with Gasteiger partial charge < -0.3 is 15.8 Å². The number of hydrogen-bond donors (Lipinski definition) is 2. The summed E-state index contributed by atoms with van der Waals surface area (Å²) in [6.45, 7) is 8.50. The fourth-order valence-corrected chi connectivity index (χ4v) is 4.85. The van der Waals surface area contributed by atoms with Crippen molar-refractivity contribution in [1.29, 1.82) is 0 Å². The van der Waals surface area contributed by atoms with E-state index in [2.05, 4.69) is 29.2 Å². The molecule has 0 spiro atoms. The van der Waals surface area contributed by atoms with Crippen LogP contribution in [-0.4, -0.2) is 63.4 Å². The van der Waals surface area contributed by atoms with Gasteiger partial charge in [0, 0.05) is 37.8 Å². The van der Waals surface area contributed by atoms with Crippen molar-refractivity contribution in [3.63, 3.8) is 0 Å². The summed E-state index contributed by atoms with van der Waals surface area (Å²) < 4.78 is 7.17. The molecule has 4 rings (SSSR count). The van der Waals surface area contributed by atoms with Crippen molar-refractivity contribution in [2.45, 2.75) is 26.8 Å². The van der Waals surface area contributed by atoms with Gasteiger partial charge in [0.05, 0.1) is 37.3 Å². The van der Waals surface area contributed by atoms with Gasteiger partial charge in [-0.25, -0.2) is 9.97 Å². The van der Waals surface area contributed by atoms with E-state index in [1.165, 1.54) is 10.4 Å². The Bertz CT molecular complexity index is 1070. The van der Waals surface area contributed by atoms with Crippen molar-refractivity contribution in [2.75, 3.05) is 38.2 Å². The average molecular weight is 444 g/mol. The van der Waals surface area contributed by atoms with Crippen molar-refractivity contribution in [2.24, 2.45) is 18.7 Å². The van der Waals surface area contributed by atoms with Crippen LogP contribution in [0.4, 0.5) is 5.82 Å². The summed E-state index contributed by atoms with van der Waals surface area (Å²) in [5.74, 6) is 0.846. The van der Waals surface area contributed by atoms with E-state index in [-0.39, 0.29) is 11.8 Å². The smallest absolute Gasteiger partial charge is 0.222 e. The number of primary amides is 1. The summed E-state index contributed by atoms with van der Waals surface area (Å²) in [4.78, 5) is 26.3. The minimum atomic E-state index is -0.364. The first-order chi connectivity index (χ1) is 14.9. The van der Waals surface area contributed by atoms with Crippen molar-refractivity contribution in [1.82, 2.24) is 24.6 Å². The number of fused-ring (bicyclic) bond motifs is 1. The van der Waals surface area contributed by atoms with Crippen molar-refractivity contribution in [3.05, 3.63) is 34.2 Å². The summed E-state index contributed by atoms with van der Waals surface area (Å²) in [6.07, 6.45) is 4.21. The predicted molar refractivity (Wildman–Crippen MR) is 121 cm³/mol. The lowest BCUT2D eigenvalue weighted by Crippen LogP contribution is -2.36. The maximum absolute atomic E-state index is 12.1. The first-order valence-corrected chi connectivity index (χ1v) is 11.3. The maximum Gasteiger partial charge on any atom is 0.222 e. The van der Waals surface area contributed by atoms with Crippen LogP contribution >= 0.6 is 11.3 Å². The summed E-state index contributed by atoms with van der Waals surface area (Å²) in [5, 5.41) is 8.62. The van der Waals surface area contributed by atoms with Crippen LogP contribution in [0.5, 0.6) is 0 Å². The van der Waals surface area contributed by atoms with E-state index in [1.807, 2.05) is 13.2 Å². The van der Waals surface area contributed by atoms with Crippen molar-refractivity contribution >= 4 is 33.3 Å². The summed E-state index contributed by atoms with van der Waals surface area (Å²) in [6, 6.07) is 0. The normalized spacial score (nSPS) is 16.0. The quantitative estimate of drug-likeness (QED) is 0.544. The Morgan fingerprint density at radius 1 is 1.32 bits per heavy atom. The fourth-order valence-electron chi connectivity index (χ4n) is 3.81. The van der Waals surface area contributed by atoms with Crippen molar-refractivity contribution < 1.29 is 9.53 Å². The molecule has 3 aromatic heterocycles. The Hall–Kier alpha value is -2.56. The number of amides is 1. The van der Waals surface area contributed by atoms with Gasteiger partial charge in [-0.05, 0) is 31.4 Å². The number of nitrogens with two attached hydrogens (primary N) is 1. The van der Waals surface area contributed by atoms with Gasteiger partial charge in [-0.15, -0.1) is 11.3 Å². The molecule has 0 radical (unpaired) electrons. The van der Waals surface area contributed by atoms with E-state index in [0.717, 1.165) is 53.7 Å². The molecule has 166 valence electrons. The number of morpholine rings is 1. The molecular formula is C21H29N7O2S. The van der Waals surface area contributed by atoms with Crippen molar-refractivity contribution in [3.8, 4) is 0 Å². The first kappa shape index (κ1) is 21.7.